The molecule has 5 heteroatoms. The summed E-state index contributed by atoms with van der Waals surface area (Å²) in [6.45, 7) is 0. The van der Waals surface area contributed by atoms with Crippen LogP contribution in [0.5, 0.6) is 0 Å². The normalized spacial score (nSPS) is 11.1. The fourth-order valence-corrected chi connectivity index (χ4v) is 1.94. The van der Waals surface area contributed by atoms with E-state index in [1.807, 2.05) is 0 Å². The molecule has 0 saturated heterocycles. The van der Waals surface area contributed by atoms with Crippen molar-refractivity contribution in [1.82, 2.24) is 0 Å². The molecular weight excluding hydrogens is 236 g/mol. The van der Waals surface area contributed by atoms with Crippen molar-refractivity contribution >= 4 is 27.9 Å². The number of hydrogen-bond donors (Lipinski definition) is 1. The van der Waals surface area contributed by atoms with Crippen LogP contribution >= 0.6 is 0 Å². The third-order valence-electron chi connectivity index (χ3n) is 2.74. The molecule has 0 fully saturated rings. The predicted molar refractivity (Wildman–Crippen MR) is 63.6 cm³/mol. The van der Waals surface area contributed by atoms with Gasteiger partial charge >= 0.3 is 11.6 Å². The summed E-state index contributed by atoms with van der Waals surface area (Å²) in [6.07, 6.45) is 1.31. The van der Waals surface area contributed by atoms with Gasteiger partial charge in [0.1, 0.15) is 11.2 Å². The Labute approximate surface area is 100 Å². The van der Waals surface area contributed by atoms with E-state index in [-0.39, 0.29) is 6.42 Å². The molecule has 2 heterocycles. The van der Waals surface area contributed by atoms with Crippen LogP contribution in [0.2, 0.25) is 0 Å². The lowest BCUT2D eigenvalue weighted by atomic mass is 10.1. The minimum absolute atomic E-state index is 0.102. The minimum atomic E-state index is -0.919. The zero-order valence-electron chi connectivity index (χ0n) is 9.17. The number of carboxylic acids is 1. The van der Waals surface area contributed by atoms with Crippen LogP contribution < -0.4 is 5.63 Å². The molecule has 0 bridgehead atoms. The number of carboxylic acid groups (broad SMARTS) is 1. The Hall–Kier alpha value is -2.56. The molecule has 0 aliphatic rings. The predicted octanol–water partition coefficient (Wildman–Crippen LogP) is 2.17. The van der Waals surface area contributed by atoms with Gasteiger partial charge in [-0.15, -0.1) is 0 Å². The molecule has 3 rings (SSSR count). The van der Waals surface area contributed by atoms with Gasteiger partial charge in [0.2, 0.25) is 0 Å². The summed E-state index contributed by atoms with van der Waals surface area (Å²) in [7, 11) is 0. The van der Waals surface area contributed by atoms with Gasteiger partial charge in [-0.1, -0.05) is 0 Å². The Kier molecular flexibility index (Phi) is 2.19. The number of rotatable bonds is 2. The molecule has 90 valence electrons. The molecule has 5 nitrogen and oxygen atoms in total. The summed E-state index contributed by atoms with van der Waals surface area (Å²) in [6, 6.07) is 6.32. The lowest BCUT2D eigenvalue weighted by Crippen LogP contribution is -1.99. The van der Waals surface area contributed by atoms with Crippen molar-refractivity contribution in [3.63, 3.8) is 0 Å². The molecule has 0 aliphatic carbocycles. The Morgan fingerprint density at radius 1 is 1.22 bits per heavy atom. The molecule has 0 aliphatic heterocycles. The first kappa shape index (κ1) is 10.6. The fraction of sp³-hybridized carbons (Fsp3) is 0.0769. The topological polar surface area (TPSA) is 80.7 Å². The summed E-state index contributed by atoms with van der Waals surface area (Å²) < 4.78 is 10.3. The monoisotopic (exact) mass is 244 g/mol. The molecule has 18 heavy (non-hydrogen) atoms. The van der Waals surface area contributed by atoms with Gasteiger partial charge in [-0.3, -0.25) is 4.79 Å². The largest absolute Gasteiger partial charge is 0.481 e. The van der Waals surface area contributed by atoms with Crippen molar-refractivity contribution in [2.24, 2.45) is 0 Å². The van der Waals surface area contributed by atoms with Crippen LogP contribution in [0.3, 0.4) is 0 Å². The van der Waals surface area contributed by atoms with Crippen LogP contribution in [0.1, 0.15) is 5.56 Å². The average Bonchev–Trinajstić information content (AvgIpc) is 2.68. The van der Waals surface area contributed by atoms with E-state index >= 15 is 0 Å². The lowest BCUT2D eigenvalue weighted by Gasteiger charge is -1.97. The second-order valence-electron chi connectivity index (χ2n) is 3.97. The number of furan rings is 1. The highest BCUT2D eigenvalue weighted by atomic mass is 16.4. The van der Waals surface area contributed by atoms with Gasteiger partial charge < -0.3 is 13.9 Å². The minimum Gasteiger partial charge on any atom is -0.481 e. The first-order valence-electron chi connectivity index (χ1n) is 5.29. The maximum atomic E-state index is 11.1. The maximum Gasteiger partial charge on any atom is 0.336 e. The van der Waals surface area contributed by atoms with Gasteiger partial charge in [-0.2, -0.15) is 0 Å². The average molecular weight is 244 g/mol. The first-order chi connectivity index (χ1) is 8.63. The SMILES string of the molecule is O=C(O)Cc1coc2cc3oc(=O)ccc3cc12. The van der Waals surface area contributed by atoms with Gasteiger partial charge in [0.05, 0.1) is 12.7 Å². The molecule has 0 amide bonds. The van der Waals surface area contributed by atoms with E-state index in [9.17, 15) is 9.59 Å². The number of benzene rings is 1. The van der Waals surface area contributed by atoms with Gasteiger partial charge in [0.25, 0.3) is 0 Å². The van der Waals surface area contributed by atoms with Crippen molar-refractivity contribution in [1.29, 1.82) is 0 Å². The summed E-state index contributed by atoms with van der Waals surface area (Å²) in [4.78, 5) is 21.8. The van der Waals surface area contributed by atoms with Crippen LogP contribution in [0.25, 0.3) is 21.9 Å². The smallest absolute Gasteiger partial charge is 0.336 e. The van der Waals surface area contributed by atoms with Crippen molar-refractivity contribution in [2.45, 2.75) is 6.42 Å². The highest BCUT2D eigenvalue weighted by Gasteiger charge is 2.11. The number of fused-ring (bicyclic) bond motifs is 2. The molecular formula is C13H8O5. The Bertz CT molecular complexity index is 809. The standard InChI is InChI=1S/C13H8O5/c14-12(15)4-8-6-17-11-5-10-7(3-9(8)11)1-2-13(16)18-10/h1-3,5-6H,4H2,(H,14,15). The first-order valence-corrected chi connectivity index (χ1v) is 5.29. The Morgan fingerprint density at radius 3 is 2.83 bits per heavy atom. The third kappa shape index (κ3) is 1.66. The number of aliphatic carboxylic acids is 1. The van der Waals surface area contributed by atoms with Crippen molar-refractivity contribution in [3.8, 4) is 0 Å². The van der Waals surface area contributed by atoms with Gasteiger partial charge in [0, 0.05) is 28.5 Å². The van der Waals surface area contributed by atoms with E-state index in [1.54, 1.807) is 18.2 Å². The highest BCUT2D eigenvalue weighted by molar-refractivity contribution is 5.95. The number of hydrogen-bond acceptors (Lipinski definition) is 4. The van der Waals surface area contributed by atoms with E-state index in [4.69, 9.17) is 13.9 Å². The second kappa shape index (κ2) is 3.73. The van der Waals surface area contributed by atoms with Gasteiger partial charge in [-0.05, 0) is 12.1 Å². The molecule has 2 aromatic heterocycles. The Balaban J connectivity index is 2.29. The molecule has 1 N–H and O–H groups in total. The molecule has 0 radical (unpaired) electrons. The summed E-state index contributed by atoms with van der Waals surface area (Å²) in [5.74, 6) is -0.919. The van der Waals surface area contributed by atoms with Crippen molar-refractivity contribution in [2.75, 3.05) is 0 Å². The quantitative estimate of drug-likeness (QED) is 0.698. The van der Waals surface area contributed by atoms with Crippen molar-refractivity contribution < 1.29 is 18.7 Å². The maximum absolute atomic E-state index is 11.1. The van der Waals surface area contributed by atoms with E-state index in [0.29, 0.717) is 16.7 Å². The molecule has 3 aromatic rings. The zero-order chi connectivity index (χ0) is 12.7. The molecule has 1 aromatic carbocycles. The lowest BCUT2D eigenvalue weighted by molar-refractivity contribution is -0.136. The summed E-state index contributed by atoms with van der Waals surface area (Å²) in [5, 5.41) is 10.2. The van der Waals surface area contributed by atoms with E-state index in [0.717, 1.165) is 10.8 Å². The van der Waals surface area contributed by atoms with E-state index in [2.05, 4.69) is 0 Å². The second-order valence-corrected chi connectivity index (χ2v) is 3.97. The summed E-state index contributed by atoms with van der Waals surface area (Å²) >= 11 is 0. The molecule has 0 unspecified atom stereocenters. The Morgan fingerprint density at radius 2 is 2.06 bits per heavy atom. The van der Waals surface area contributed by atoms with Crippen LogP contribution in [0.15, 0.2) is 44.2 Å². The number of carbonyl (C=O) groups is 1. The molecule has 0 atom stereocenters. The van der Waals surface area contributed by atoms with E-state index < -0.39 is 11.6 Å². The highest BCUT2D eigenvalue weighted by Crippen LogP contribution is 2.26. The molecule has 0 spiro atoms. The third-order valence-corrected chi connectivity index (χ3v) is 2.74. The van der Waals surface area contributed by atoms with Crippen LogP contribution in [-0.2, 0) is 11.2 Å². The van der Waals surface area contributed by atoms with Crippen LogP contribution in [0.4, 0.5) is 0 Å². The van der Waals surface area contributed by atoms with Crippen molar-refractivity contribution in [3.05, 3.63) is 46.5 Å². The fourth-order valence-electron chi connectivity index (χ4n) is 1.94. The van der Waals surface area contributed by atoms with Gasteiger partial charge in [-0.25, -0.2) is 4.79 Å². The van der Waals surface area contributed by atoms with E-state index in [1.165, 1.54) is 12.3 Å². The molecule has 0 saturated carbocycles. The van der Waals surface area contributed by atoms with Gasteiger partial charge in [0.15, 0.2) is 0 Å². The summed E-state index contributed by atoms with van der Waals surface area (Å²) in [5.41, 5.74) is 1.10. The van der Waals surface area contributed by atoms with Crippen LogP contribution in [0, 0.1) is 0 Å². The van der Waals surface area contributed by atoms with Crippen LogP contribution in [-0.4, -0.2) is 11.1 Å². The zero-order valence-corrected chi connectivity index (χ0v) is 9.17.